The zero-order valence-electron chi connectivity index (χ0n) is 11.7. The van der Waals surface area contributed by atoms with Crippen LogP contribution >= 0.6 is 15.9 Å². The van der Waals surface area contributed by atoms with Crippen molar-refractivity contribution in [2.45, 2.75) is 44.3 Å². The third kappa shape index (κ3) is 4.36. The molecule has 1 aromatic carbocycles. The summed E-state index contributed by atoms with van der Waals surface area (Å²) < 4.78 is 39.9. The molecule has 0 amide bonds. The highest BCUT2D eigenvalue weighted by molar-refractivity contribution is 9.10. The standard InChI is InChI=1S/C15H20BrF3N2/c16-11-6-7-12(15(17,18)19)13(8-11)21-14(9-20)10-4-2-1-3-5-10/h6-8,10,14,21H,1-5,9,20H2. The van der Waals surface area contributed by atoms with Gasteiger partial charge in [-0.05, 0) is 37.0 Å². The van der Waals surface area contributed by atoms with Gasteiger partial charge < -0.3 is 11.1 Å². The van der Waals surface area contributed by atoms with Crippen molar-refractivity contribution in [2.24, 2.45) is 11.7 Å². The van der Waals surface area contributed by atoms with E-state index in [1.807, 2.05) is 0 Å². The zero-order valence-corrected chi connectivity index (χ0v) is 13.3. The van der Waals surface area contributed by atoms with Crippen LogP contribution in [0.1, 0.15) is 37.7 Å². The Balaban J connectivity index is 2.21. The first-order chi connectivity index (χ1) is 9.91. The second kappa shape index (κ2) is 7.01. The van der Waals surface area contributed by atoms with Crippen molar-refractivity contribution < 1.29 is 13.2 Å². The van der Waals surface area contributed by atoms with Gasteiger partial charge in [-0.3, -0.25) is 0 Å². The van der Waals surface area contributed by atoms with Crippen LogP contribution in [0.15, 0.2) is 22.7 Å². The monoisotopic (exact) mass is 364 g/mol. The first-order valence-corrected chi connectivity index (χ1v) is 8.04. The van der Waals surface area contributed by atoms with E-state index in [2.05, 4.69) is 21.2 Å². The summed E-state index contributed by atoms with van der Waals surface area (Å²) in [7, 11) is 0. The molecule has 2 rings (SSSR count). The van der Waals surface area contributed by atoms with Crippen LogP contribution in [-0.4, -0.2) is 12.6 Å². The van der Waals surface area contributed by atoms with Gasteiger partial charge in [-0.2, -0.15) is 13.2 Å². The van der Waals surface area contributed by atoms with Crippen LogP contribution in [-0.2, 0) is 6.18 Å². The van der Waals surface area contributed by atoms with Crippen molar-refractivity contribution in [1.29, 1.82) is 0 Å². The third-order valence-corrected chi connectivity index (χ3v) is 4.59. The molecule has 0 aromatic heterocycles. The molecule has 6 heteroatoms. The molecule has 1 saturated carbocycles. The molecule has 0 spiro atoms. The summed E-state index contributed by atoms with van der Waals surface area (Å²) in [5, 5.41) is 3.04. The second-order valence-corrected chi connectivity index (χ2v) is 6.49. The van der Waals surface area contributed by atoms with Crippen LogP contribution < -0.4 is 11.1 Å². The Hall–Kier alpha value is -0.750. The lowest BCUT2D eigenvalue weighted by Crippen LogP contribution is -2.38. The minimum absolute atomic E-state index is 0.109. The third-order valence-electron chi connectivity index (χ3n) is 4.10. The van der Waals surface area contributed by atoms with Crippen LogP contribution in [0.25, 0.3) is 0 Å². The van der Waals surface area contributed by atoms with Crippen molar-refractivity contribution in [3.05, 3.63) is 28.2 Å². The quantitative estimate of drug-likeness (QED) is 0.805. The maximum atomic E-state index is 13.1. The fourth-order valence-corrected chi connectivity index (χ4v) is 3.35. The maximum Gasteiger partial charge on any atom is 0.418 e. The lowest BCUT2D eigenvalue weighted by atomic mass is 9.83. The number of hydrogen-bond acceptors (Lipinski definition) is 2. The number of halogens is 4. The van der Waals surface area contributed by atoms with Crippen molar-refractivity contribution in [3.8, 4) is 0 Å². The summed E-state index contributed by atoms with van der Waals surface area (Å²) in [5.41, 5.74) is 5.26. The van der Waals surface area contributed by atoms with Gasteiger partial charge in [-0.1, -0.05) is 35.2 Å². The molecule has 3 N–H and O–H groups in total. The van der Waals surface area contributed by atoms with E-state index in [1.165, 1.54) is 18.6 Å². The molecule has 1 aromatic rings. The van der Waals surface area contributed by atoms with Gasteiger partial charge in [0.05, 0.1) is 5.56 Å². The molecule has 1 atom stereocenters. The smallest absolute Gasteiger partial charge is 0.380 e. The Morgan fingerprint density at radius 3 is 2.48 bits per heavy atom. The highest BCUT2D eigenvalue weighted by atomic mass is 79.9. The van der Waals surface area contributed by atoms with E-state index in [9.17, 15) is 13.2 Å². The van der Waals surface area contributed by atoms with Crippen molar-refractivity contribution in [2.75, 3.05) is 11.9 Å². The molecule has 0 aliphatic heterocycles. The number of rotatable bonds is 4. The number of hydrogen-bond donors (Lipinski definition) is 2. The van der Waals surface area contributed by atoms with Gasteiger partial charge in [-0.15, -0.1) is 0 Å². The molecule has 0 bridgehead atoms. The summed E-state index contributed by atoms with van der Waals surface area (Å²) in [6, 6.07) is 3.88. The van der Waals surface area contributed by atoms with Gasteiger partial charge in [0, 0.05) is 22.7 Å². The largest absolute Gasteiger partial charge is 0.418 e. The molecule has 1 fully saturated rings. The summed E-state index contributed by atoms with van der Waals surface area (Å²) in [6.45, 7) is 0.342. The van der Waals surface area contributed by atoms with E-state index < -0.39 is 11.7 Å². The van der Waals surface area contributed by atoms with E-state index in [1.54, 1.807) is 0 Å². The van der Waals surface area contributed by atoms with Gasteiger partial charge >= 0.3 is 6.18 Å². The Bertz CT molecular complexity index is 470. The molecule has 0 saturated heterocycles. The normalized spacial score (nSPS) is 18.5. The number of nitrogens with one attached hydrogen (secondary N) is 1. The molecule has 2 nitrogen and oxygen atoms in total. The summed E-state index contributed by atoms with van der Waals surface area (Å²) in [5.74, 6) is 0.351. The second-order valence-electron chi connectivity index (χ2n) is 5.57. The number of anilines is 1. The summed E-state index contributed by atoms with van der Waals surface area (Å²) in [4.78, 5) is 0. The highest BCUT2D eigenvalue weighted by Crippen LogP contribution is 2.37. The Labute approximate surface area is 131 Å². The predicted octanol–water partition coefficient (Wildman–Crippen LogP) is 4.79. The summed E-state index contributed by atoms with van der Waals surface area (Å²) >= 11 is 3.23. The van der Waals surface area contributed by atoms with Crippen LogP contribution in [0, 0.1) is 5.92 Å². The first-order valence-electron chi connectivity index (χ1n) is 7.25. The Kier molecular flexibility index (Phi) is 5.54. The van der Waals surface area contributed by atoms with Crippen LogP contribution in [0.2, 0.25) is 0 Å². The topological polar surface area (TPSA) is 38.0 Å². The molecule has 0 radical (unpaired) electrons. The van der Waals surface area contributed by atoms with E-state index in [4.69, 9.17) is 5.73 Å². The zero-order chi connectivity index (χ0) is 15.5. The minimum atomic E-state index is -4.37. The Morgan fingerprint density at radius 1 is 1.24 bits per heavy atom. The van der Waals surface area contributed by atoms with Crippen molar-refractivity contribution in [3.63, 3.8) is 0 Å². The van der Waals surface area contributed by atoms with Crippen LogP contribution in [0.3, 0.4) is 0 Å². The van der Waals surface area contributed by atoms with Gasteiger partial charge in [0.25, 0.3) is 0 Å². The van der Waals surface area contributed by atoms with Crippen LogP contribution in [0.5, 0.6) is 0 Å². The average molecular weight is 365 g/mol. The first kappa shape index (κ1) is 16.6. The van der Waals surface area contributed by atoms with Crippen molar-refractivity contribution >= 4 is 21.6 Å². The van der Waals surface area contributed by atoms with E-state index in [0.29, 0.717) is 16.9 Å². The molecule has 21 heavy (non-hydrogen) atoms. The number of alkyl halides is 3. The van der Waals surface area contributed by atoms with Crippen molar-refractivity contribution in [1.82, 2.24) is 0 Å². The maximum absolute atomic E-state index is 13.1. The Morgan fingerprint density at radius 2 is 1.90 bits per heavy atom. The van der Waals surface area contributed by atoms with Crippen LogP contribution in [0.4, 0.5) is 18.9 Å². The van der Waals surface area contributed by atoms with Gasteiger partial charge in [0.15, 0.2) is 0 Å². The van der Waals surface area contributed by atoms with Gasteiger partial charge in [0.1, 0.15) is 0 Å². The molecular formula is C15H20BrF3N2. The van der Waals surface area contributed by atoms with E-state index >= 15 is 0 Å². The molecule has 1 aliphatic carbocycles. The van der Waals surface area contributed by atoms with Gasteiger partial charge in [0.2, 0.25) is 0 Å². The number of benzene rings is 1. The fourth-order valence-electron chi connectivity index (χ4n) is 2.99. The summed E-state index contributed by atoms with van der Waals surface area (Å²) in [6.07, 6.45) is 1.17. The lowest BCUT2D eigenvalue weighted by molar-refractivity contribution is -0.137. The minimum Gasteiger partial charge on any atom is -0.380 e. The molecule has 1 aliphatic rings. The number of nitrogens with two attached hydrogens (primary N) is 1. The highest BCUT2D eigenvalue weighted by Gasteiger charge is 2.34. The lowest BCUT2D eigenvalue weighted by Gasteiger charge is -2.31. The molecular weight excluding hydrogens is 345 g/mol. The van der Waals surface area contributed by atoms with E-state index in [-0.39, 0.29) is 11.7 Å². The average Bonchev–Trinajstić information content (AvgIpc) is 2.44. The van der Waals surface area contributed by atoms with E-state index in [0.717, 1.165) is 31.7 Å². The molecule has 118 valence electrons. The van der Waals surface area contributed by atoms with Gasteiger partial charge in [-0.25, -0.2) is 0 Å². The predicted molar refractivity (Wildman–Crippen MR) is 82.2 cm³/mol. The molecule has 1 unspecified atom stereocenters. The SMILES string of the molecule is NCC(Nc1cc(Br)ccc1C(F)(F)F)C1CCCCC1. The fraction of sp³-hybridized carbons (Fsp3) is 0.600. The molecule has 0 heterocycles.